The normalized spacial score (nSPS) is 17.5. The second-order valence-corrected chi connectivity index (χ2v) is 8.18. The van der Waals surface area contributed by atoms with Crippen LogP contribution < -0.4 is 16.0 Å². The standard InChI is InChI=1S/C21H27N5S/c1-2-3-5-10-16-14-23-11-12-26(16)19-17-13-18(15-8-6-4-7-9-15)27-20(17)25-21(22)24-19/h4,6-9,13,16,23H,2-3,5,10-12,14H2,1H3,(H2,22,24,25). The highest BCUT2D eigenvalue weighted by Crippen LogP contribution is 2.37. The molecule has 0 saturated carbocycles. The molecule has 1 atom stereocenters. The number of nitrogens with one attached hydrogen (secondary N) is 1. The molecule has 27 heavy (non-hydrogen) atoms. The van der Waals surface area contributed by atoms with Gasteiger partial charge >= 0.3 is 0 Å². The summed E-state index contributed by atoms with van der Waals surface area (Å²) in [4.78, 5) is 13.8. The molecule has 1 aliphatic heterocycles. The highest BCUT2D eigenvalue weighted by Gasteiger charge is 2.26. The van der Waals surface area contributed by atoms with E-state index in [4.69, 9.17) is 5.73 Å². The molecule has 2 aromatic heterocycles. The number of thiophene rings is 1. The van der Waals surface area contributed by atoms with E-state index in [1.54, 1.807) is 11.3 Å². The average Bonchev–Trinajstić information content (AvgIpc) is 3.13. The maximum Gasteiger partial charge on any atom is 0.223 e. The van der Waals surface area contributed by atoms with Crippen molar-refractivity contribution in [3.8, 4) is 10.4 Å². The Bertz CT molecular complexity index is 892. The van der Waals surface area contributed by atoms with Crippen molar-refractivity contribution in [2.45, 2.75) is 38.6 Å². The van der Waals surface area contributed by atoms with Crippen LogP contribution in [0.15, 0.2) is 36.4 Å². The van der Waals surface area contributed by atoms with Crippen molar-refractivity contribution in [2.75, 3.05) is 30.3 Å². The molecule has 3 N–H and O–H groups in total. The fourth-order valence-electron chi connectivity index (χ4n) is 3.81. The van der Waals surface area contributed by atoms with Crippen LogP contribution in [0.5, 0.6) is 0 Å². The van der Waals surface area contributed by atoms with Crippen LogP contribution in [0.3, 0.4) is 0 Å². The molecule has 1 fully saturated rings. The van der Waals surface area contributed by atoms with Gasteiger partial charge in [0.1, 0.15) is 10.6 Å². The van der Waals surface area contributed by atoms with E-state index in [1.165, 1.54) is 36.1 Å². The number of piperazine rings is 1. The van der Waals surface area contributed by atoms with Crippen molar-refractivity contribution in [1.29, 1.82) is 0 Å². The minimum absolute atomic E-state index is 0.366. The van der Waals surface area contributed by atoms with Gasteiger partial charge in [-0.15, -0.1) is 11.3 Å². The molecule has 6 heteroatoms. The number of anilines is 2. The largest absolute Gasteiger partial charge is 0.368 e. The molecular formula is C21H27N5S. The highest BCUT2D eigenvalue weighted by atomic mass is 32.1. The molecule has 4 rings (SSSR count). The average molecular weight is 382 g/mol. The Morgan fingerprint density at radius 2 is 2.07 bits per heavy atom. The van der Waals surface area contributed by atoms with Gasteiger partial charge < -0.3 is 16.0 Å². The van der Waals surface area contributed by atoms with Crippen molar-refractivity contribution in [2.24, 2.45) is 0 Å². The van der Waals surface area contributed by atoms with E-state index in [9.17, 15) is 0 Å². The van der Waals surface area contributed by atoms with Gasteiger partial charge in [0.2, 0.25) is 5.95 Å². The van der Waals surface area contributed by atoms with Gasteiger partial charge in [-0.05, 0) is 18.1 Å². The number of hydrogen-bond acceptors (Lipinski definition) is 6. The van der Waals surface area contributed by atoms with Crippen LogP contribution >= 0.6 is 11.3 Å². The summed E-state index contributed by atoms with van der Waals surface area (Å²) in [5.41, 5.74) is 7.30. The third-order valence-corrected chi connectivity index (χ3v) is 6.29. The van der Waals surface area contributed by atoms with Gasteiger partial charge in [-0.25, -0.2) is 4.98 Å². The van der Waals surface area contributed by atoms with E-state index in [-0.39, 0.29) is 0 Å². The van der Waals surface area contributed by atoms with Gasteiger partial charge in [0, 0.05) is 30.6 Å². The van der Waals surface area contributed by atoms with E-state index in [2.05, 4.69) is 57.4 Å². The molecule has 1 unspecified atom stereocenters. The summed E-state index contributed by atoms with van der Waals surface area (Å²) < 4.78 is 0. The first-order valence-corrected chi connectivity index (χ1v) is 10.7. The topological polar surface area (TPSA) is 67.1 Å². The van der Waals surface area contributed by atoms with Crippen LogP contribution in [-0.4, -0.2) is 35.6 Å². The summed E-state index contributed by atoms with van der Waals surface area (Å²) in [6.45, 7) is 5.19. The molecule has 3 heterocycles. The third-order valence-electron chi connectivity index (χ3n) is 5.21. The van der Waals surface area contributed by atoms with E-state index in [1.807, 2.05) is 6.07 Å². The molecule has 0 bridgehead atoms. The molecule has 3 aromatic rings. The van der Waals surface area contributed by atoms with Crippen molar-refractivity contribution in [1.82, 2.24) is 15.3 Å². The summed E-state index contributed by atoms with van der Waals surface area (Å²) in [5.74, 6) is 1.36. The fraction of sp³-hybridized carbons (Fsp3) is 0.429. The molecule has 1 saturated heterocycles. The first-order valence-electron chi connectivity index (χ1n) is 9.86. The summed E-state index contributed by atoms with van der Waals surface area (Å²) in [6, 6.07) is 13.2. The predicted molar refractivity (Wildman–Crippen MR) is 115 cm³/mol. The summed E-state index contributed by atoms with van der Waals surface area (Å²) in [6.07, 6.45) is 4.96. The number of rotatable bonds is 6. The summed E-state index contributed by atoms with van der Waals surface area (Å²) in [5, 5.41) is 4.66. The van der Waals surface area contributed by atoms with E-state index < -0.39 is 0 Å². The molecule has 0 aliphatic carbocycles. The fourth-order valence-corrected chi connectivity index (χ4v) is 4.85. The number of nitrogens with zero attached hydrogens (tertiary/aromatic N) is 3. The van der Waals surface area contributed by atoms with Crippen molar-refractivity contribution in [3.05, 3.63) is 36.4 Å². The smallest absolute Gasteiger partial charge is 0.223 e. The van der Waals surface area contributed by atoms with Crippen molar-refractivity contribution in [3.63, 3.8) is 0 Å². The quantitative estimate of drug-likeness (QED) is 0.623. The Morgan fingerprint density at radius 1 is 1.22 bits per heavy atom. The number of nitrogens with two attached hydrogens (primary N) is 1. The Hall–Kier alpha value is -2.18. The second kappa shape index (κ2) is 8.23. The van der Waals surface area contributed by atoms with Gasteiger partial charge in [-0.1, -0.05) is 56.5 Å². The number of nitrogen functional groups attached to an aromatic ring is 1. The Balaban J connectivity index is 1.72. The lowest BCUT2D eigenvalue weighted by Crippen LogP contribution is -2.51. The van der Waals surface area contributed by atoms with Crippen molar-refractivity contribution < 1.29 is 0 Å². The van der Waals surface area contributed by atoms with Crippen LogP contribution in [0, 0.1) is 0 Å². The maximum absolute atomic E-state index is 6.09. The summed E-state index contributed by atoms with van der Waals surface area (Å²) >= 11 is 1.69. The monoisotopic (exact) mass is 381 g/mol. The first kappa shape index (κ1) is 18.2. The molecule has 0 radical (unpaired) electrons. The van der Waals surface area contributed by atoms with Crippen LogP contribution in [0.4, 0.5) is 11.8 Å². The molecule has 142 valence electrons. The predicted octanol–water partition coefficient (Wildman–Crippen LogP) is 4.30. The zero-order valence-electron chi connectivity index (χ0n) is 15.8. The molecule has 0 amide bonds. The lowest BCUT2D eigenvalue weighted by atomic mass is 10.0. The minimum atomic E-state index is 0.366. The zero-order valence-corrected chi connectivity index (χ0v) is 16.6. The Labute approximate surface area is 164 Å². The maximum atomic E-state index is 6.09. The lowest BCUT2D eigenvalue weighted by Gasteiger charge is -2.37. The molecule has 5 nitrogen and oxygen atoms in total. The zero-order chi connectivity index (χ0) is 18.6. The molecule has 0 spiro atoms. The van der Waals surface area contributed by atoms with Gasteiger partial charge in [0.15, 0.2) is 0 Å². The SMILES string of the molecule is CCCCCC1CNCCN1c1nc(N)nc2sc(-c3ccccc3)cc12. The van der Waals surface area contributed by atoms with E-state index >= 15 is 0 Å². The Morgan fingerprint density at radius 3 is 2.89 bits per heavy atom. The number of aromatic nitrogens is 2. The van der Waals surface area contributed by atoms with Crippen LogP contribution in [0.2, 0.25) is 0 Å². The minimum Gasteiger partial charge on any atom is -0.368 e. The first-order chi connectivity index (χ1) is 13.3. The molecular weight excluding hydrogens is 354 g/mol. The van der Waals surface area contributed by atoms with Gasteiger partial charge in [-0.2, -0.15) is 4.98 Å². The van der Waals surface area contributed by atoms with Gasteiger partial charge in [-0.3, -0.25) is 0 Å². The number of benzene rings is 1. The van der Waals surface area contributed by atoms with E-state index in [0.29, 0.717) is 12.0 Å². The molecule has 1 aliphatic rings. The lowest BCUT2D eigenvalue weighted by molar-refractivity contribution is 0.437. The Kier molecular flexibility index (Phi) is 5.55. The van der Waals surface area contributed by atoms with Gasteiger partial charge in [0.25, 0.3) is 0 Å². The number of hydrogen-bond donors (Lipinski definition) is 2. The second-order valence-electron chi connectivity index (χ2n) is 7.15. The van der Waals surface area contributed by atoms with Crippen LogP contribution in [-0.2, 0) is 0 Å². The highest BCUT2D eigenvalue weighted by molar-refractivity contribution is 7.22. The van der Waals surface area contributed by atoms with Gasteiger partial charge in [0.05, 0.1) is 5.39 Å². The van der Waals surface area contributed by atoms with Crippen LogP contribution in [0.25, 0.3) is 20.7 Å². The molecule has 1 aromatic carbocycles. The van der Waals surface area contributed by atoms with Crippen LogP contribution in [0.1, 0.15) is 32.6 Å². The van der Waals surface area contributed by atoms with Crippen molar-refractivity contribution >= 4 is 33.3 Å². The summed E-state index contributed by atoms with van der Waals surface area (Å²) in [7, 11) is 0. The number of unbranched alkanes of at least 4 members (excludes halogenated alkanes) is 2. The number of fused-ring (bicyclic) bond motifs is 1. The van der Waals surface area contributed by atoms with E-state index in [0.717, 1.165) is 35.7 Å². The third kappa shape index (κ3) is 3.92.